The Morgan fingerprint density at radius 1 is 1.33 bits per heavy atom. The average Bonchev–Trinajstić information content (AvgIpc) is 2.04. The first-order valence-electron chi connectivity index (χ1n) is 3.80. The summed E-state index contributed by atoms with van der Waals surface area (Å²) in [5, 5.41) is 9.56. The van der Waals surface area contributed by atoms with Crippen LogP contribution in [-0.4, -0.2) is 11.1 Å². The zero-order chi connectivity index (χ0) is 9.14. The average molecular weight is 277 g/mol. The van der Waals surface area contributed by atoms with Crippen molar-refractivity contribution < 1.29 is 5.11 Å². The van der Waals surface area contributed by atoms with Crippen LogP contribution >= 0.6 is 22.6 Å². The van der Waals surface area contributed by atoms with Gasteiger partial charge in [-0.2, -0.15) is 0 Å². The zero-order valence-electron chi connectivity index (χ0n) is 6.87. The quantitative estimate of drug-likeness (QED) is 0.808. The van der Waals surface area contributed by atoms with Crippen LogP contribution in [0.4, 0.5) is 0 Å². The molecule has 1 aromatic rings. The molecular formula is C9H12INO. The van der Waals surface area contributed by atoms with E-state index in [0.717, 1.165) is 9.13 Å². The molecule has 0 saturated heterocycles. The van der Waals surface area contributed by atoms with E-state index in [-0.39, 0.29) is 6.04 Å². The molecule has 0 aromatic heterocycles. The summed E-state index contributed by atoms with van der Waals surface area (Å²) in [6.45, 7) is 1.79. The van der Waals surface area contributed by atoms with Gasteiger partial charge in [0, 0.05) is 9.61 Å². The third-order valence-corrected chi connectivity index (χ3v) is 2.43. The molecule has 0 radical (unpaired) electrons. The fourth-order valence-corrected chi connectivity index (χ4v) is 1.32. The van der Waals surface area contributed by atoms with Crippen molar-refractivity contribution in [3.05, 3.63) is 33.4 Å². The topological polar surface area (TPSA) is 46.2 Å². The fourth-order valence-electron chi connectivity index (χ4n) is 0.964. The summed E-state index contributed by atoms with van der Waals surface area (Å²) in [6.07, 6.45) is -0.554. The van der Waals surface area contributed by atoms with E-state index < -0.39 is 6.10 Å². The molecule has 2 nitrogen and oxygen atoms in total. The molecular weight excluding hydrogens is 265 g/mol. The van der Waals surface area contributed by atoms with Crippen LogP contribution in [0.5, 0.6) is 0 Å². The normalized spacial score (nSPS) is 15.7. The maximum absolute atomic E-state index is 9.56. The van der Waals surface area contributed by atoms with Crippen LogP contribution in [0.1, 0.15) is 18.6 Å². The molecule has 3 N–H and O–H groups in total. The molecule has 0 spiro atoms. The van der Waals surface area contributed by atoms with Gasteiger partial charge in [0.2, 0.25) is 0 Å². The molecule has 66 valence electrons. The summed E-state index contributed by atoms with van der Waals surface area (Å²) in [5.41, 5.74) is 6.43. The van der Waals surface area contributed by atoms with Crippen molar-refractivity contribution in [1.29, 1.82) is 0 Å². The Morgan fingerprint density at radius 2 is 1.83 bits per heavy atom. The SMILES string of the molecule is CC(N)C(O)c1ccc(I)cc1. The van der Waals surface area contributed by atoms with E-state index in [4.69, 9.17) is 5.73 Å². The number of aliphatic hydroxyl groups excluding tert-OH is 1. The van der Waals surface area contributed by atoms with Crippen molar-refractivity contribution in [2.45, 2.75) is 19.1 Å². The zero-order valence-corrected chi connectivity index (χ0v) is 9.02. The predicted molar refractivity (Wildman–Crippen MR) is 57.8 cm³/mol. The molecule has 2 unspecified atom stereocenters. The largest absolute Gasteiger partial charge is 0.387 e. The summed E-state index contributed by atoms with van der Waals surface area (Å²) in [5.74, 6) is 0. The maximum Gasteiger partial charge on any atom is 0.0938 e. The summed E-state index contributed by atoms with van der Waals surface area (Å²) >= 11 is 2.22. The third kappa shape index (κ3) is 2.43. The van der Waals surface area contributed by atoms with E-state index in [9.17, 15) is 5.11 Å². The second-order valence-electron chi connectivity index (χ2n) is 2.86. The first kappa shape index (κ1) is 9.95. The number of halogens is 1. The highest BCUT2D eigenvalue weighted by Gasteiger charge is 2.11. The highest BCUT2D eigenvalue weighted by molar-refractivity contribution is 14.1. The molecule has 2 atom stereocenters. The van der Waals surface area contributed by atoms with Crippen molar-refractivity contribution in [1.82, 2.24) is 0 Å². The Bertz CT molecular complexity index is 245. The molecule has 0 aliphatic rings. The minimum Gasteiger partial charge on any atom is -0.387 e. The summed E-state index contributed by atoms with van der Waals surface area (Å²) < 4.78 is 1.16. The van der Waals surface area contributed by atoms with Gasteiger partial charge in [-0.15, -0.1) is 0 Å². The first-order chi connectivity index (χ1) is 5.61. The molecule has 0 heterocycles. The summed E-state index contributed by atoms with van der Waals surface area (Å²) in [6, 6.07) is 7.50. The summed E-state index contributed by atoms with van der Waals surface area (Å²) in [4.78, 5) is 0. The lowest BCUT2D eigenvalue weighted by Gasteiger charge is -2.14. The van der Waals surface area contributed by atoms with Gasteiger partial charge in [-0.25, -0.2) is 0 Å². The Kier molecular flexibility index (Phi) is 3.49. The molecule has 0 fully saturated rings. The van der Waals surface area contributed by atoms with Crippen molar-refractivity contribution >= 4 is 22.6 Å². The highest BCUT2D eigenvalue weighted by atomic mass is 127. The van der Waals surface area contributed by atoms with Gasteiger partial charge in [-0.05, 0) is 47.2 Å². The van der Waals surface area contributed by atoms with Gasteiger partial charge in [0.05, 0.1) is 6.10 Å². The van der Waals surface area contributed by atoms with Crippen LogP contribution in [0.2, 0.25) is 0 Å². The van der Waals surface area contributed by atoms with Crippen molar-refractivity contribution in [2.75, 3.05) is 0 Å². The molecule has 0 bridgehead atoms. The Balaban J connectivity index is 2.82. The highest BCUT2D eigenvalue weighted by Crippen LogP contribution is 2.16. The molecule has 0 saturated carbocycles. The molecule has 3 heteroatoms. The van der Waals surface area contributed by atoms with Crippen LogP contribution in [0, 0.1) is 3.57 Å². The lowest BCUT2D eigenvalue weighted by atomic mass is 10.0. The molecule has 1 aromatic carbocycles. The van der Waals surface area contributed by atoms with E-state index in [2.05, 4.69) is 22.6 Å². The van der Waals surface area contributed by atoms with Crippen molar-refractivity contribution in [2.24, 2.45) is 5.73 Å². The van der Waals surface area contributed by atoms with Crippen LogP contribution in [0.25, 0.3) is 0 Å². The molecule has 1 rings (SSSR count). The van der Waals surface area contributed by atoms with Gasteiger partial charge in [0.25, 0.3) is 0 Å². The van der Waals surface area contributed by atoms with E-state index in [1.165, 1.54) is 0 Å². The minimum absolute atomic E-state index is 0.218. The van der Waals surface area contributed by atoms with Crippen molar-refractivity contribution in [3.8, 4) is 0 Å². The van der Waals surface area contributed by atoms with Gasteiger partial charge >= 0.3 is 0 Å². The third-order valence-electron chi connectivity index (χ3n) is 1.71. The van der Waals surface area contributed by atoms with Gasteiger partial charge in [0.1, 0.15) is 0 Å². The molecule has 0 aliphatic carbocycles. The maximum atomic E-state index is 9.56. The van der Waals surface area contributed by atoms with E-state index in [0.29, 0.717) is 0 Å². The van der Waals surface area contributed by atoms with Crippen LogP contribution in [0.15, 0.2) is 24.3 Å². The van der Waals surface area contributed by atoms with Crippen LogP contribution < -0.4 is 5.73 Å². The standard InChI is InChI=1S/C9H12INO/c1-6(11)9(12)7-2-4-8(10)5-3-7/h2-6,9,12H,11H2,1H3. The number of rotatable bonds is 2. The van der Waals surface area contributed by atoms with Crippen LogP contribution in [-0.2, 0) is 0 Å². The molecule has 0 amide bonds. The lowest BCUT2D eigenvalue weighted by molar-refractivity contribution is 0.153. The number of hydrogen-bond acceptors (Lipinski definition) is 2. The smallest absolute Gasteiger partial charge is 0.0938 e. The van der Waals surface area contributed by atoms with Gasteiger partial charge < -0.3 is 10.8 Å². The van der Waals surface area contributed by atoms with Crippen LogP contribution in [0.3, 0.4) is 0 Å². The molecule has 0 aliphatic heterocycles. The molecule has 12 heavy (non-hydrogen) atoms. The van der Waals surface area contributed by atoms with E-state index in [1.54, 1.807) is 6.92 Å². The predicted octanol–water partition coefficient (Wildman–Crippen LogP) is 1.67. The fraction of sp³-hybridized carbons (Fsp3) is 0.333. The number of hydrogen-bond donors (Lipinski definition) is 2. The van der Waals surface area contributed by atoms with Crippen molar-refractivity contribution in [3.63, 3.8) is 0 Å². The number of aliphatic hydroxyl groups is 1. The minimum atomic E-state index is -0.554. The second-order valence-corrected chi connectivity index (χ2v) is 4.10. The Hall–Kier alpha value is -0.130. The Morgan fingerprint density at radius 3 is 2.25 bits per heavy atom. The van der Waals surface area contributed by atoms with Gasteiger partial charge in [-0.3, -0.25) is 0 Å². The lowest BCUT2D eigenvalue weighted by Crippen LogP contribution is -2.24. The number of benzene rings is 1. The Labute approximate surface area is 85.9 Å². The summed E-state index contributed by atoms with van der Waals surface area (Å²) in [7, 11) is 0. The van der Waals surface area contributed by atoms with Gasteiger partial charge in [-0.1, -0.05) is 12.1 Å². The first-order valence-corrected chi connectivity index (χ1v) is 4.88. The number of nitrogens with two attached hydrogens (primary N) is 1. The van der Waals surface area contributed by atoms with E-state index >= 15 is 0 Å². The monoisotopic (exact) mass is 277 g/mol. The second kappa shape index (κ2) is 4.20. The van der Waals surface area contributed by atoms with E-state index in [1.807, 2.05) is 24.3 Å². The van der Waals surface area contributed by atoms with Gasteiger partial charge in [0.15, 0.2) is 0 Å².